The number of aliphatic hydroxyl groups is 1. The van der Waals surface area contributed by atoms with Crippen LogP contribution in [0.5, 0.6) is 0 Å². The largest absolute Gasteiger partial charge is 0.368 e. The Kier molecular flexibility index (Phi) is 4.50. The van der Waals surface area contributed by atoms with E-state index < -0.39 is 6.29 Å². The Morgan fingerprint density at radius 3 is 2.57 bits per heavy atom. The second-order valence-corrected chi connectivity index (χ2v) is 1.39. The summed E-state index contributed by atoms with van der Waals surface area (Å²) >= 11 is 5.18. The van der Waals surface area contributed by atoms with Crippen molar-refractivity contribution in [1.29, 1.82) is 0 Å². The lowest BCUT2D eigenvalue weighted by atomic mass is 10.7. The molecule has 7 heavy (non-hydrogen) atoms. The van der Waals surface area contributed by atoms with E-state index in [0.29, 0.717) is 12.5 Å². The van der Waals surface area contributed by atoms with Crippen molar-refractivity contribution in [2.45, 2.75) is 6.29 Å². The average Bonchev–Trinajstić information content (AvgIpc) is 1.61. The highest BCUT2D eigenvalue weighted by Gasteiger charge is 1.89. The molecule has 0 aliphatic rings. The summed E-state index contributed by atoms with van der Waals surface area (Å²) in [6.07, 6.45) is -0.932. The highest BCUT2D eigenvalue weighted by molar-refractivity contribution is 6.17. The second kappa shape index (κ2) is 4.37. The normalized spacial score (nSPS) is 14.1. The summed E-state index contributed by atoms with van der Waals surface area (Å²) in [6, 6.07) is 0. The van der Waals surface area contributed by atoms with Crippen LogP contribution in [0.15, 0.2) is 0 Å². The van der Waals surface area contributed by atoms with E-state index in [4.69, 9.17) is 16.7 Å². The van der Waals surface area contributed by atoms with Crippen LogP contribution in [0, 0.1) is 6.92 Å². The van der Waals surface area contributed by atoms with Gasteiger partial charge in [-0.2, -0.15) is 0 Å². The molecule has 1 atom stereocenters. The van der Waals surface area contributed by atoms with Crippen LogP contribution in [0.2, 0.25) is 0 Å². The lowest BCUT2D eigenvalue weighted by Crippen LogP contribution is -2.07. The first kappa shape index (κ1) is 7.21. The Balaban J connectivity index is 2.68. The van der Waals surface area contributed by atoms with Gasteiger partial charge in [-0.25, -0.2) is 0 Å². The minimum absolute atomic E-state index is 0.353. The molecule has 0 amide bonds. The minimum Gasteiger partial charge on any atom is -0.368 e. The smallest absolute Gasteiger partial charge is 0.154 e. The molecule has 0 aromatic heterocycles. The molecule has 0 rings (SSSR count). The van der Waals surface area contributed by atoms with Crippen LogP contribution >= 0.6 is 11.6 Å². The number of hydrogen-bond acceptors (Lipinski definition) is 2. The van der Waals surface area contributed by atoms with E-state index >= 15 is 0 Å². The van der Waals surface area contributed by atoms with Crippen LogP contribution in [0.4, 0.5) is 0 Å². The molecule has 0 saturated carbocycles. The molecule has 1 unspecified atom stereocenters. The summed E-state index contributed by atoms with van der Waals surface area (Å²) in [5, 5.41) is 8.29. The van der Waals surface area contributed by atoms with Gasteiger partial charge >= 0.3 is 0 Å². The topological polar surface area (TPSA) is 29.5 Å². The number of halogens is 1. The molecule has 1 radical (unpaired) electrons. The molecule has 0 bridgehead atoms. The highest BCUT2D eigenvalue weighted by Crippen LogP contribution is 1.83. The van der Waals surface area contributed by atoms with E-state index in [2.05, 4.69) is 11.7 Å². The fourth-order valence-corrected chi connectivity index (χ4v) is 0.270. The maximum absolute atomic E-state index is 8.29. The molecule has 0 aliphatic carbocycles. The minimum atomic E-state index is -0.932. The third kappa shape index (κ3) is 6.21. The van der Waals surface area contributed by atoms with E-state index in [9.17, 15) is 0 Å². The van der Waals surface area contributed by atoms with Crippen molar-refractivity contribution in [3.63, 3.8) is 0 Å². The monoisotopic (exact) mass is 123 g/mol. The Labute approximate surface area is 48.0 Å². The van der Waals surface area contributed by atoms with Crippen molar-refractivity contribution < 1.29 is 9.84 Å². The molecule has 0 spiro atoms. The van der Waals surface area contributed by atoms with Crippen LogP contribution < -0.4 is 0 Å². The molecule has 43 valence electrons. The van der Waals surface area contributed by atoms with Crippen LogP contribution in [-0.4, -0.2) is 23.9 Å². The van der Waals surface area contributed by atoms with Crippen LogP contribution in [-0.2, 0) is 4.74 Å². The summed E-state index contributed by atoms with van der Waals surface area (Å²) in [4.78, 5) is 0. The zero-order valence-corrected chi connectivity index (χ0v) is 4.69. The first-order valence-corrected chi connectivity index (χ1v) is 2.49. The van der Waals surface area contributed by atoms with Crippen molar-refractivity contribution in [3.05, 3.63) is 6.92 Å². The molecule has 3 heteroatoms. The summed E-state index contributed by atoms with van der Waals surface area (Å²) in [6.45, 7) is 3.50. The van der Waals surface area contributed by atoms with E-state index in [1.54, 1.807) is 0 Å². The summed E-state index contributed by atoms with van der Waals surface area (Å²) in [7, 11) is 0. The standard InChI is InChI=1S/C4H8ClO2/c1-4(6)7-3-2-5/h4,6H,1-3H2. The Hall–Kier alpha value is 0.210. The van der Waals surface area contributed by atoms with Crippen LogP contribution in [0.3, 0.4) is 0 Å². The number of rotatable bonds is 3. The van der Waals surface area contributed by atoms with Crippen molar-refractivity contribution >= 4 is 11.6 Å². The van der Waals surface area contributed by atoms with Gasteiger partial charge < -0.3 is 9.84 Å². The fourth-order valence-electron chi connectivity index (χ4n) is 0.181. The molecule has 0 saturated heterocycles. The fraction of sp³-hybridized carbons (Fsp3) is 0.750. The van der Waals surface area contributed by atoms with E-state index in [1.165, 1.54) is 0 Å². The number of alkyl halides is 1. The molecular weight excluding hydrogens is 115 g/mol. The molecule has 0 aliphatic heterocycles. The molecule has 2 nitrogen and oxygen atoms in total. The third-order valence-electron chi connectivity index (χ3n) is 0.387. The molecule has 0 heterocycles. The number of hydrogen-bond donors (Lipinski definition) is 1. The van der Waals surface area contributed by atoms with E-state index in [1.807, 2.05) is 0 Å². The van der Waals surface area contributed by atoms with E-state index in [-0.39, 0.29) is 0 Å². The third-order valence-corrected chi connectivity index (χ3v) is 0.542. The van der Waals surface area contributed by atoms with Gasteiger partial charge in [-0.05, 0) is 0 Å². The van der Waals surface area contributed by atoms with Gasteiger partial charge in [0.2, 0.25) is 0 Å². The highest BCUT2D eigenvalue weighted by atomic mass is 35.5. The molecule has 1 N–H and O–H groups in total. The van der Waals surface area contributed by atoms with Crippen molar-refractivity contribution in [3.8, 4) is 0 Å². The predicted octanol–water partition coefficient (Wildman–Crippen LogP) is 0.394. The SMILES string of the molecule is [CH2]C(O)OCCCl. The Morgan fingerprint density at radius 1 is 1.86 bits per heavy atom. The van der Waals surface area contributed by atoms with E-state index in [0.717, 1.165) is 0 Å². The average molecular weight is 124 g/mol. The lowest BCUT2D eigenvalue weighted by Gasteiger charge is -2.01. The first-order valence-electron chi connectivity index (χ1n) is 1.96. The number of aliphatic hydroxyl groups excluding tert-OH is 1. The van der Waals surface area contributed by atoms with Gasteiger partial charge in [-0.3, -0.25) is 0 Å². The zero-order valence-electron chi connectivity index (χ0n) is 3.93. The quantitative estimate of drug-likeness (QED) is 0.435. The van der Waals surface area contributed by atoms with Gasteiger partial charge in [0.05, 0.1) is 6.61 Å². The Bertz CT molecular complexity index is 38.7. The van der Waals surface area contributed by atoms with Gasteiger partial charge in [0, 0.05) is 12.8 Å². The summed E-state index contributed by atoms with van der Waals surface area (Å²) < 4.78 is 4.50. The second-order valence-electron chi connectivity index (χ2n) is 1.01. The van der Waals surface area contributed by atoms with Crippen molar-refractivity contribution in [1.82, 2.24) is 0 Å². The maximum atomic E-state index is 8.29. The van der Waals surface area contributed by atoms with Gasteiger partial charge in [0.1, 0.15) is 0 Å². The molecule has 0 aromatic rings. The number of ether oxygens (including phenoxy) is 1. The summed E-state index contributed by atoms with van der Waals surface area (Å²) in [5.74, 6) is 0.395. The maximum Gasteiger partial charge on any atom is 0.154 e. The molecular formula is C4H8ClO2. The Morgan fingerprint density at radius 2 is 2.43 bits per heavy atom. The zero-order chi connectivity index (χ0) is 5.70. The summed E-state index contributed by atoms with van der Waals surface area (Å²) in [5.41, 5.74) is 0. The first-order chi connectivity index (χ1) is 3.27. The molecule has 0 aromatic carbocycles. The van der Waals surface area contributed by atoms with Gasteiger partial charge in [-0.1, -0.05) is 0 Å². The van der Waals surface area contributed by atoms with Gasteiger partial charge in [-0.15, -0.1) is 11.6 Å². The van der Waals surface area contributed by atoms with Crippen LogP contribution in [0.25, 0.3) is 0 Å². The van der Waals surface area contributed by atoms with Crippen LogP contribution in [0.1, 0.15) is 0 Å². The van der Waals surface area contributed by atoms with Gasteiger partial charge in [0.15, 0.2) is 6.29 Å². The van der Waals surface area contributed by atoms with Gasteiger partial charge in [0.25, 0.3) is 0 Å². The lowest BCUT2D eigenvalue weighted by molar-refractivity contribution is -0.0601. The van der Waals surface area contributed by atoms with Crippen molar-refractivity contribution in [2.24, 2.45) is 0 Å². The predicted molar refractivity (Wildman–Crippen MR) is 28.0 cm³/mol. The van der Waals surface area contributed by atoms with Crippen molar-refractivity contribution in [2.75, 3.05) is 12.5 Å². The molecule has 0 fully saturated rings.